The van der Waals surface area contributed by atoms with Crippen LogP contribution in [0, 0.1) is 5.92 Å². The van der Waals surface area contributed by atoms with Crippen molar-refractivity contribution in [3.8, 4) is 5.75 Å². The van der Waals surface area contributed by atoms with Crippen LogP contribution < -0.4 is 15.0 Å². The molecule has 5 rings (SSSR count). The second-order valence-electron chi connectivity index (χ2n) is 8.95. The Morgan fingerprint density at radius 1 is 1.16 bits per heavy atom. The molecule has 1 aliphatic heterocycles. The van der Waals surface area contributed by atoms with E-state index in [1.54, 1.807) is 7.11 Å². The van der Waals surface area contributed by atoms with Crippen molar-refractivity contribution < 1.29 is 14.3 Å². The highest BCUT2D eigenvalue weighted by Gasteiger charge is 2.28. The number of carbonyl (C=O) groups excluding carboxylic acids is 1. The molecule has 0 spiro atoms. The van der Waals surface area contributed by atoms with Gasteiger partial charge in [0.2, 0.25) is 0 Å². The van der Waals surface area contributed by atoms with Crippen LogP contribution in [0.15, 0.2) is 30.6 Å². The summed E-state index contributed by atoms with van der Waals surface area (Å²) in [7, 11) is 1.59. The van der Waals surface area contributed by atoms with E-state index in [9.17, 15) is 4.79 Å². The standard InChI is InChI=1S/C26H30ClN7O3/c1-4-34-24-19(15-30-34)22-18(14-29-24)25(33-10-8-17(9-11-33)26(35)37-5-2)32-31-23(22)28-13-16-6-7-21(36-3)20(27)12-16/h6-7,12,14-15,17H,4-5,8-11,13H2,1-3H3,(H,28,31). The summed E-state index contributed by atoms with van der Waals surface area (Å²) in [6.45, 7) is 6.87. The van der Waals surface area contributed by atoms with Crippen LogP contribution in [0.4, 0.5) is 11.6 Å². The number of anilines is 2. The molecular weight excluding hydrogens is 494 g/mol. The van der Waals surface area contributed by atoms with Gasteiger partial charge >= 0.3 is 5.97 Å². The number of piperidine rings is 1. The quantitative estimate of drug-likeness (QED) is 0.335. The molecule has 1 aromatic carbocycles. The first-order chi connectivity index (χ1) is 18.0. The van der Waals surface area contributed by atoms with Crippen molar-refractivity contribution >= 4 is 51.0 Å². The molecule has 0 aliphatic carbocycles. The maximum absolute atomic E-state index is 12.2. The van der Waals surface area contributed by atoms with Crippen LogP contribution in [-0.4, -0.2) is 57.7 Å². The van der Waals surface area contributed by atoms with E-state index in [1.165, 1.54) is 0 Å². The Morgan fingerprint density at radius 3 is 2.68 bits per heavy atom. The lowest BCUT2D eigenvalue weighted by Crippen LogP contribution is -2.37. The van der Waals surface area contributed by atoms with Gasteiger partial charge in [-0.3, -0.25) is 4.79 Å². The number of halogens is 1. The van der Waals surface area contributed by atoms with Crippen molar-refractivity contribution in [2.24, 2.45) is 5.92 Å². The second-order valence-corrected chi connectivity index (χ2v) is 9.36. The van der Waals surface area contributed by atoms with Gasteiger partial charge < -0.3 is 19.7 Å². The molecule has 3 aromatic heterocycles. The fourth-order valence-corrected chi connectivity index (χ4v) is 5.11. The number of benzene rings is 1. The number of aromatic nitrogens is 5. The summed E-state index contributed by atoms with van der Waals surface area (Å²) in [6.07, 6.45) is 5.11. The number of carbonyl (C=O) groups is 1. The third kappa shape index (κ3) is 4.85. The van der Waals surface area contributed by atoms with Gasteiger partial charge in [0.1, 0.15) is 5.75 Å². The molecular formula is C26H30ClN7O3. The third-order valence-corrected chi connectivity index (χ3v) is 7.07. The van der Waals surface area contributed by atoms with Gasteiger partial charge in [-0.1, -0.05) is 17.7 Å². The van der Waals surface area contributed by atoms with E-state index in [1.807, 2.05) is 49.1 Å². The summed E-state index contributed by atoms with van der Waals surface area (Å²) < 4.78 is 12.4. The van der Waals surface area contributed by atoms with Crippen LogP contribution in [-0.2, 0) is 22.6 Å². The smallest absolute Gasteiger partial charge is 0.309 e. The molecule has 4 aromatic rings. The Balaban J connectivity index is 1.49. The van der Waals surface area contributed by atoms with E-state index >= 15 is 0 Å². The van der Waals surface area contributed by atoms with E-state index < -0.39 is 0 Å². The van der Waals surface area contributed by atoms with Crippen LogP contribution >= 0.6 is 11.6 Å². The summed E-state index contributed by atoms with van der Waals surface area (Å²) >= 11 is 6.32. The Morgan fingerprint density at radius 2 is 1.97 bits per heavy atom. The van der Waals surface area contributed by atoms with Crippen molar-refractivity contribution in [1.82, 2.24) is 25.0 Å². The van der Waals surface area contributed by atoms with E-state index in [0.717, 1.165) is 33.2 Å². The molecule has 37 heavy (non-hydrogen) atoms. The zero-order valence-electron chi connectivity index (χ0n) is 21.2. The predicted molar refractivity (Wildman–Crippen MR) is 143 cm³/mol. The maximum atomic E-state index is 12.2. The van der Waals surface area contributed by atoms with Crippen LogP contribution in [0.3, 0.4) is 0 Å². The molecule has 0 unspecified atom stereocenters. The number of nitrogens with zero attached hydrogens (tertiary/aromatic N) is 6. The largest absolute Gasteiger partial charge is 0.495 e. The lowest BCUT2D eigenvalue weighted by Gasteiger charge is -2.32. The molecule has 11 heteroatoms. The molecule has 0 amide bonds. The van der Waals surface area contributed by atoms with Crippen LogP contribution in [0.2, 0.25) is 5.02 Å². The van der Waals surface area contributed by atoms with E-state index in [2.05, 4.69) is 25.5 Å². The third-order valence-electron chi connectivity index (χ3n) is 6.78. The average molecular weight is 524 g/mol. The molecule has 0 bridgehead atoms. The van der Waals surface area contributed by atoms with Gasteiger partial charge in [0.25, 0.3) is 0 Å². The Hall–Kier alpha value is -3.66. The normalized spacial score (nSPS) is 14.3. The minimum atomic E-state index is -0.119. The molecule has 194 valence electrons. The summed E-state index contributed by atoms with van der Waals surface area (Å²) in [5, 5.41) is 20.4. The van der Waals surface area contributed by atoms with Crippen molar-refractivity contribution in [3.05, 3.63) is 41.2 Å². The molecule has 0 atom stereocenters. The van der Waals surface area contributed by atoms with E-state index in [0.29, 0.717) is 62.2 Å². The minimum absolute atomic E-state index is 0.0831. The topological polar surface area (TPSA) is 107 Å². The second kappa shape index (κ2) is 10.8. The SMILES string of the molecule is CCOC(=O)C1CCN(c2nnc(NCc3ccc(OC)c(Cl)c3)c3c2cnc2c3cnn2CC)CC1. The molecule has 1 aliphatic rings. The molecule has 10 nitrogen and oxygen atoms in total. The number of fused-ring (bicyclic) bond motifs is 3. The number of hydrogen-bond acceptors (Lipinski definition) is 9. The molecule has 1 fully saturated rings. The van der Waals surface area contributed by atoms with Crippen molar-refractivity contribution in [1.29, 1.82) is 0 Å². The summed E-state index contributed by atoms with van der Waals surface area (Å²) in [4.78, 5) is 19.1. The number of methoxy groups -OCH3 is 1. The first-order valence-electron chi connectivity index (χ1n) is 12.5. The van der Waals surface area contributed by atoms with Gasteiger partial charge in [-0.2, -0.15) is 5.10 Å². The first-order valence-corrected chi connectivity index (χ1v) is 12.9. The lowest BCUT2D eigenvalue weighted by molar-refractivity contribution is -0.148. The number of pyridine rings is 1. The Kier molecular flexibility index (Phi) is 7.27. The van der Waals surface area contributed by atoms with Gasteiger partial charge in [-0.15, -0.1) is 10.2 Å². The van der Waals surface area contributed by atoms with Gasteiger partial charge in [-0.25, -0.2) is 9.67 Å². The Bertz CT molecular complexity index is 1430. The van der Waals surface area contributed by atoms with Crippen molar-refractivity contribution in [2.75, 3.05) is 37.0 Å². The first kappa shape index (κ1) is 25.0. The zero-order chi connectivity index (χ0) is 25.9. The van der Waals surface area contributed by atoms with Gasteiger partial charge in [0.15, 0.2) is 17.3 Å². The van der Waals surface area contributed by atoms with E-state index in [-0.39, 0.29) is 11.9 Å². The molecule has 4 heterocycles. The van der Waals surface area contributed by atoms with Crippen molar-refractivity contribution in [3.63, 3.8) is 0 Å². The van der Waals surface area contributed by atoms with Gasteiger partial charge in [0.05, 0.1) is 36.2 Å². The molecule has 0 radical (unpaired) electrons. The van der Waals surface area contributed by atoms with Crippen LogP contribution in [0.1, 0.15) is 32.3 Å². The average Bonchev–Trinajstić information content (AvgIpc) is 3.35. The lowest BCUT2D eigenvalue weighted by atomic mass is 9.96. The Labute approximate surface area is 219 Å². The van der Waals surface area contributed by atoms with Crippen LogP contribution in [0.5, 0.6) is 5.75 Å². The highest BCUT2D eigenvalue weighted by molar-refractivity contribution is 6.32. The summed E-state index contributed by atoms with van der Waals surface area (Å²) in [5.74, 6) is 1.84. The number of esters is 1. The van der Waals surface area contributed by atoms with Gasteiger partial charge in [-0.05, 0) is 44.4 Å². The monoisotopic (exact) mass is 523 g/mol. The van der Waals surface area contributed by atoms with Crippen molar-refractivity contribution in [2.45, 2.75) is 39.8 Å². The summed E-state index contributed by atoms with van der Waals surface area (Å²) in [6, 6.07) is 5.68. The van der Waals surface area contributed by atoms with E-state index in [4.69, 9.17) is 26.1 Å². The minimum Gasteiger partial charge on any atom is -0.495 e. The number of rotatable bonds is 8. The molecule has 0 saturated carbocycles. The number of hydrogen-bond donors (Lipinski definition) is 1. The molecule has 1 saturated heterocycles. The number of ether oxygens (including phenoxy) is 2. The fraction of sp³-hybridized carbons (Fsp3) is 0.423. The molecule has 1 N–H and O–H groups in total. The predicted octanol–water partition coefficient (Wildman–Crippen LogP) is 4.45. The highest BCUT2D eigenvalue weighted by Crippen LogP contribution is 2.35. The van der Waals surface area contributed by atoms with Gasteiger partial charge in [0, 0.05) is 43.1 Å². The number of aryl methyl sites for hydroxylation is 1. The highest BCUT2D eigenvalue weighted by atomic mass is 35.5. The maximum Gasteiger partial charge on any atom is 0.309 e. The van der Waals surface area contributed by atoms with Crippen LogP contribution in [0.25, 0.3) is 21.8 Å². The zero-order valence-corrected chi connectivity index (χ0v) is 22.0. The fourth-order valence-electron chi connectivity index (χ4n) is 4.83. The number of nitrogens with one attached hydrogen (secondary N) is 1. The summed E-state index contributed by atoms with van der Waals surface area (Å²) in [5.41, 5.74) is 1.78.